The number of ketones is 1. The minimum absolute atomic E-state index is 0.151. The van der Waals surface area contributed by atoms with E-state index in [9.17, 15) is 4.79 Å². The molecule has 0 radical (unpaired) electrons. The lowest BCUT2D eigenvalue weighted by Gasteiger charge is -2.11. The first-order valence-electron chi connectivity index (χ1n) is 6.25. The van der Waals surface area contributed by atoms with E-state index in [0.717, 1.165) is 23.3 Å². The van der Waals surface area contributed by atoms with Gasteiger partial charge in [0.1, 0.15) is 0 Å². The van der Waals surface area contributed by atoms with Crippen LogP contribution in [0.25, 0.3) is 0 Å². The first kappa shape index (κ1) is 16.2. The van der Waals surface area contributed by atoms with Gasteiger partial charge in [-0.2, -0.15) is 0 Å². The number of carbonyl (C=O) groups excluding carboxylic acids is 1. The number of carbonyl (C=O) groups is 1. The minimum Gasteiger partial charge on any atom is -0.386 e. The molecule has 0 fully saturated rings. The first-order valence-corrected chi connectivity index (χ1v) is 6.25. The van der Waals surface area contributed by atoms with Crippen molar-refractivity contribution in [2.45, 2.75) is 40.5 Å². The highest BCUT2D eigenvalue weighted by Gasteiger charge is 2.06. The van der Waals surface area contributed by atoms with Gasteiger partial charge in [-0.1, -0.05) is 32.6 Å². The van der Waals surface area contributed by atoms with Gasteiger partial charge in [-0.15, -0.1) is 0 Å². The number of nitrogens with one attached hydrogen (secondary N) is 1. The Balaban J connectivity index is 5.18. The summed E-state index contributed by atoms with van der Waals surface area (Å²) in [5, 5.41) is 2.97. The van der Waals surface area contributed by atoms with Crippen molar-refractivity contribution in [2.24, 2.45) is 5.73 Å². The number of nitrogens with two attached hydrogens (primary N) is 1. The van der Waals surface area contributed by atoms with E-state index in [2.05, 4.69) is 11.9 Å². The van der Waals surface area contributed by atoms with Crippen molar-refractivity contribution in [1.29, 1.82) is 0 Å². The lowest BCUT2D eigenvalue weighted by molar-refractivity contribution is -0.115. The molecular weight excluding hydrogens is 224 g/mol. The van der Waals surface area contributed by atoms with Crippen LogP contribution in [0.2, 0.25) is 0 Å². The number of hydrogen-bond acceptors (Lipinski definition) is 3. The number of rotatable bonds is 7. The molecule has 0 aliphatic rings. The van der Waals surface area contributed by atoms with Gasteiger partial charge in [-0.05, 0) is 31.9 Å². The highest BCUT2D eigenvalue weighted by atomic mass is 16.1. The van der Waals surface area contributed by atoms with E-state index in [-0.39, 0.29) is 5.78 Å². The van der Waals surface area contributed by atoms with Crippen LogP contribution in [0.4, 0.5) is 0 Å². The SMILES string of the molecule is C=C(N)NC(=C/C)/C(C)=C\C(=C\CC)C(=O)CC. The average Bonchev–Trinajstić information content (AvgIpc) is 2.33. The average molecular weight is 248 g/mol. The third-order valence-corrected chi connectivity index (χ3v) is 2.45. The Labute approximate surface area is 110 Å². The zero-order chi connectivity index (χ0) is 14.1. The number of hydrogen-bond donors (Lipinski definition) is 2. The summed E-state index contributed by atoms with van der Waals surface area (Å²) in [7, 11) is 0. The quantitative estimate of drug-likeness (QED) is 0.537. The Morgan fingerprint density at radius 2 is 2.00 bits per heavy atom. The fourth-order valence-electron chi connectivity index (χ4n) is 1.56. The molecule has 100 valence electrons. The van der Waals surface area contributed by atoms with Crippen LogP contribution < -0.4 is 11.1 Å². The van der Waals surface area contributed by atoms with Crippen LogP contribution >= 0.6 is 0 Å². The molecule has 18 heavy (non-hydrogen) atoms. The molecule has 3 N–H and O–H groups in total. The molecule has 3 heteroatoms. The van der Waals surface area contributed by atoms with Gasteiger partial charge in [-0.3, -0.25) is 4.79 Å². The summed E-state index contributed by atoms with van der Waals surface area (Å²) in [6.07, 6.45) is 7.09. The molecule has 0 aliphatic heterocycles. The largest absolute Gasteiger partial charge is 0.386 e. The smallest absolute Gasteiger partial charge is 0.162 e. The molecule has 0 saturated carbocycles. The molecule has 0 spiro atoms. The fraction of sp³-hybridized carbons (Fsp3) is 0.400. The van der Waals surface area contributed by atoms with Crippen molar-refractivity contribution >= 4 is 5.78 Å². The van der Waals surface area contributed by atoms with E-state index in [1.165, 1.54) is 0 Å². The predicted molar refractivity (Wildman–Crippen MR) is 77.6 cm³/mol. The second-order valence-corrected chi connectivity index (χ2v) is 4.02. The van der Waals surface area contributed by atoms with E-state index >= 15 is 0 Å². The van der Waals surface area contributed by atoms with Gasteiger partial charge in [0.15, 0.2) is 5.78 Å². The van der Waals surface area contributed by atoms with Crippen molar-refractivity contribution in [1.82, 2.24) is 5.32 Å². The topological polar surface area (TPSA) is 55.1 Å². The van der Waals surface area contributed by atoms with Crippen LogP contribution in [-0.4, -0.2) is 5.78 Å². The Morgan fingerprint density at radius 3 is 2.39 bits per heavy atom. The monoisotopic (exact) mass is 248 g/mol. The van der Waals surface area contributed by atoms with Crippen molar-refractivity contribution in [3.05, 3.63) is 47.5 Å². The second kappa shape index (κ2) is 8.34. The Bertz CT molecular complexity index is 401. The Hall–Kier alpha value is -1.77. The van der Waals surface area contributed by atoms with Gasteiger partial charge in [0, 0.05) is 17.7 Å². The second-order valence-electron chi connectivity index (χ2n) is 4.02. The zero-order valence-electron chi connectivity index (χ0n) is 11.8. The molecule has 0 atom stereocenters. The number of allylic oxidation sites excluding steroid dienone is 5. The third-order valence-electron chi connectivity index (χ3n) is 2.45. The molecule has 0 aromatic heterocycles. The van der Waals surface area contributed by atoms with E-state index in [1.807, 2.05) is 45.9 Å². The van der Waals surface area contributed by atoms with Crippen molar-refractivity contribution in [3.63, 3.8) is 0 Å². The summed E-state index contributed by atoms with van der Waals surface area (Å²) >= 11 is 0. The zero-order valence-corrected chi connectivity index (χ0v) is 11.8. The maximum absolute atomic E-state index is 11.8. The first-order chi connectivity index (χ1) is 8.46. The van der Waals surface area contributed by atoms with Crippen LogP contribution in [0.3, 0.4) is 0 Å². The van der Waals surface area contributed by atoms with E-state index in [1.54, 1.807) is 0 Å². The van der Waals surface area contributed by atoms with Gasteiger partial charge < -0.3 is 11.1 Å². The van der Waals surface area contributed by atoms with Crippen molar-refractivity contribution in [3.8, 4) is 0 Å². The van der Waals surface area contributed by atoms with Gasteiger partial charge >= 0.3 is 0 Å². The van der Waals surface area contributed by atoms with Gasteiger partial charge in [0.05, 0.1) is 5.82 Å². The molecule has 0 aromatic rings. The Kier molecular flexibility index (Phi) is 7.52. The van der Waals surface area contributed by atoms with Crippen LogP contribution in [0.15, 0.2) is 47.5 Å². The maximum atomic E-state index is 11.8. The third kappa shape index (κ3) is 5.53. The van der Waals surface area contributed by atoms with Crippen LogP contribution in [0.1, 0.15) is 40.5 Å². The fourth-order valence-corrected chi connectivity index (χ4v) is 1.56. The molecule has 3 nitrogen and oxygen atoms in total. The molecule has 0 bridgehead atoms. The van der Waals surface area contributed by atoms with Gasteiger partial charge in [-0.25, -0.2) is 0 Å². The van der Waals surface area contributed by atoms with Gasteiger partial charge in [0.25, 0.3) is 0 Å². The predicted octanol–water partition coefficient (Wildman–Crippen LogP) is 3.17. The highest BCUT2D eigenvalue weighted by molar-refractivity contribution is 5.98. The molecule has 0 heterocycles. The molecule has 0 aliphatic carbocycles. The van der Waals surface area contributed by atoms with Crippen molar-refractivity contribution in [2.75, 3.05) is 0 Å². The van der Waals surface area contributed by atoms with E-state index in [4.69, 9.17) is 5.73 Å². The lowest BCUT2D eigenvalue weighted by atomic mass is 10.0. The Morgan fingerprint density at radius 1 is 1.39 bits per heavy atom. The summed E-state index contributed by atoms with van der Waals surface area (Å²) < 4.78 is 0. The minimum atomic E-state index is 0.151. The molecule has 0 aromatic carbocycles. The van der Waals surface area contributed by atoms with Crippen molar-refractivity contribution < 1.29 is 4.79 Å². The standard InChI is InChI=1S/C15H24N2O/c1-6-9-13(15(18)8-3)10-11(4)14(7-2)17-12(5)16/h7,9-10,17H,5-6,8,16H2,1-4H3/b11-10-,13-9-,14-7+. The summed E-state index contributed by atoms with van der Waals surface area (Å²) in [5.41, 5.74) is 8.11. The molecule has 0 rings (SSSR count). The highest BCUT2D eigenvalue weighted by Crippen LogP contribution is 2.13. The van der Waals surface area contributed by atoms with E-state index < -0.39 is 0 Å². The maximum Gasteiger partial charge on any atom is 0.162 e. The molecule has 0 saturated heterocycles. The lowest BCUT2D eigenvalue weighted by Crippen LogP contribution is -2.19. The van der Waals surface area contributed by atoms with E-state index in [0.29, 0.717) is 12.2 Å². The molecule has 0 unspecified atom stereocenters. The summed E-state index contributed by atoms with van der Waals surface area (Å²) in [4.78, 5) is 11.8. The van der Waals surface area contributed by atoms with Crippen LogP contribution in [0, 0.1) is 0 Å². The van der Waals surface area contributed by atoms with Gasteiger partial charge in [0.2, 0.25) is 0 Å². The summed E-state index contributed by atoms with van der Waals surface area (Å²) in [5.74, 6) is 0.539. The summed E-state index contributed by atoms with van der Waals surface area (Å²) in [6.45, 7) is 11.3. The summed E-state index contributed by atoms with van der Waals surface area (Å²) in [6, 6.07) is 0. The van der Waals surface area contributed by atoms with Crippen LogP contribution in [-0.2, 0) is 4.79 Å². The normalized spacial score (nSPS) is 13.4. The number of Topliss-reactive ketones (excluding diaryl/α,β-unsaturated/α-hetero) is 1. The molecule has 0 amide bonds. The van der Waals surface area contributed by atoms with Crippen LogP contribution in [0.5, 0.6) is 0 Å². The molecular formula is C15H24N2O.